The topological polar surface area (TPSA) is 77.0 Å². The molecule has 0 saturated carbocycles. The van der Waals surface area contributed by atoms with Gasteiger partial charge in [0.2, 0.25) is 0 Å². The van der Waals surface area contributed by atoms with Gasteiger partial charge < -0.3 is 24.6 Å². The third-order valence-corrected chi connectivity index (χ3v) is 3.12. The number of carbonyl (C=O) groups is 1. The molecule has 0 amide bonds. The molecule has 0 atom stereocenters. The lowest BCUT2D eigenvalue weighted by atomic mass is 10.1. The van der Waals surface area contributed by atoms with Crippen molar-refractivity contribution in [2.75, 3.05) is 26.6 Å². The first kappa shape index (κ1) is 15.5. The zero-order valence-electron chi connectivity index (χ0n) is 12.5. The second-order valence-corrected chi connectivity index (χ2v) is 4.41. The fourth-order valence-corrected chi connectivity index (χ4v) is 1.99. The summed E-state index contributed by atoms with van der Waals surface area (Å²) in [5.74, 6) is 0.756. The van der Waals surface area contributed by atoms with E-state index in [9.17, 15) is 4.79 Å². The van der Waals surface area contributed by atoms with Crippen molar-refractivity contribution in [3.05, 3.63) is 42.0 Å². The van der Waals surface area contributed by atoms with Crippen LogP contribution >= 0.6 is 0 Å². The van der Waals surface area contributed by atoms with E-state index in [1.165, 1.54) is 19.2 Å². The molecule has 0 aliphatic rings. The van der Waals surface area contributed by atoms with Crippen molar-refractivity contribution >= 4 is 17.3 Å². The molecule has 22 heavy (non-hydrogen) atoms. The van der Waals surface area contributed by atoms with Crippen LogP contribution < -0.4 is 19.5 Å². The number of carboxylic acid groups (broad SMARTS) is 1. The van der Waals surface area contributed by atoms with Crippen molar-refractivity contribution in [1.82, 2.24) is 0 Å². The second kappa shape index (κ2) is 6.71. The van der Waals surface area contributed by atoms with Crippen LogP contribution in [0.5, 0.6) is 17.2 Å². The predicted molar refractivity (Wildman–Crippen MR) is 82.8 cm³/mol. The molecule has 2 aromatic rings. The molecule has 6 heteroatoms. The molecule has 0 heterocycles. The zero-order chi connectivity index (χ0) is 16.1. The van der Waals surface area contributed by atoms with Crippen LogP contribution in [0.4, 0.5) is 11.4 Å². The van der Waals surface area contributed by atoms with E-state index in [0.717, 1.165) is 0 Å². The van der Waals surface area contributed by atoms with E-state index < -0.39 is 5.97 Å². The van der Waals surface area contributed by atoms with Gasteiger partial charge in [-0.25, -0.2) is 4.79 Å². The van der Waals surface area contributed by atoms with Crippen LogP contribution in [0.15, 0.2) is 36.4 Å². The molecule has 0 bridgehead atoms. The van der Waals surface area contributed by atoms with Crippen LogP contribution in [-0.4, -0.2) is 32.4 Å². The van der Waals surface area contributed by atoms with E-state index >= 15 is 0 Å². The van der Waals surface area contributed by atoms with Gasteiger partial charge in [-0.2, -0.15) is 0 Å². The minimum absolute atomic E-state index is 0.163. The van der Waals surface area contributed by atoms with Crippen LogP contribution in [0.25, 0.3) is 0 Å². The van der Waals surface area contributed by atoms with E-state index in [2.05, 4.69) is 5.32 Å². The average Bonchev–Trinajstić information content (AvgIpc) is 2.55. The summed E-state index contributed by atoms with van der Waals surface area (Å²) in [5.41, 5.74) is 1.37. The first-order valence-corrected chi connectivity index (χ1v) is 6.49. The summed E-state index contributed by atoms with van der Waals surface area (Å²) in [6.07, 6.45) is 0. The van der Waals surface area contributed by atoms with Crippen molar-refractivity contribution in [1.29, 1.82) is 0 Å². The molecule has 0 saturated heterocycles. The fraction of sp³-hybridized carbons (Fsp3) is 0.188. The Bertz CT molecular complexity index is 684. The number of benzene rings is 2. The maximum absolute atomic E-state index is 11.1. The van der Waals surface area contributed by atoms with Crippen molar-refractivity contribution in [3.63, 3.8) is 0 Å². The molecule has 2 N–H and O–H groups in total. The fourth-order valence-electron chi connectivity index (χ4n) is 1.99. The predicted octanol–water partition coefficient (Wildman–Crippen LogP) is 3.15. The molecule has 0 radical (unpaired) electrons. The maximum Gasteiger partial charge on any atom is 0.335 e. The van der Waals surface area contributed by atoms with Crippen LogP contribution in [0, 0.1) is 0 Å². The molecule has 2 aromatic carbocycles. The van der Waals surface area contributed by atoms with Gasteiger partial charge in [0, 0.05) is 6.07 Å². The largest absolute Gasteiger partial charge is 0.497 e. The number of methoxy groups -OCH3 is 3. The number of nitrogens with one attached hydrogen (secondary N) is 1. The number of hydrogen-bond donors (Lipinski definition) is 2. The summed E-state index contributed by atoms with van der Waals surface area (Å²) in [5, 5.41) is 12.2. The van der Waals surface area contributed by atoms with Crippen molar-refractivity contribution in [2.24, 2.45) is 0 Å². The Morgan fingerprint density at radius 2 is 1.64 bits per heavy atom. The monoisotopic (exact) mass is 303 g/mol. The number of hydrogen-bond acceptors (Lipinski definition) is 5. The minimum atomic E-state index is -1.01. The lowest BCUT2D eigenvalue weighted by Gasteiger charge is -2.15. The molecule has 0 fully saturated rings. The molecule has 116 valence electrons. The summed E-state index contributed by atoms with van der Waals surface area (Å²) in [4.78, 5) is 11.1. The standard InChI is InChI=1S/C16H17NO5/c1-20-11-5-6-12(15(9-11)22-3)17-13-8-10(16(18)19)4-7-14(13)21-2/h4-9,17H,1-3H3,(H,18,19). The normalized spacial score (nSPS) is 9.95. The number of carboxylic acids is 1. The van der Waals surface area contributed by atoms with Crippen LogP contribution in [0.1, 0.15) is 10.4 Å². The van der Waals surface area contributed by atoms with Crippen LogP contribution in [0.2, 0.25) is 0 Å². The molecular weight excluding hydrogens is 286 g/mol. The van der Waals surface area contributed by atoms with Gasteiger partial charge in [0.15, 0.2) is 0 Å². The van der Waals surface area contributed by atoms with Gasteiger partial charge >= 0.3 is 5.97 Å². The van der Waals surface area contributed by atoms with Gasteiger partial charge in [0.05, 0.1) is 38.3 Å². The Labute approximate surface area is 128 Å². The number of aromatic carboxylic acids is 1. The summed E-state index contributed by atoms with van der Waals surface area (Å²) < 4.78 is 15.7. The summed E-state index contributed by atoms with van der Waals surface area (Å²) >= 11 is 0. The molecule has 0 aromatic heterocycles. The van der Waals surface area contributed by atoms with E-state index in [0.29, 0.717) is 28.6 Å². The van der Waals surface area contributed by atoms with Crippen molar-refractivity contribution in [3.8, 4) is 17.2 Å². The third-order valence-electron chi connectivity index (χ3n) is 3.12. The summed E-state index contributed by atoms with van der Waals surface area (Å²) in [6, 6.07) is 9.88. The zero-order valence-corrected chi connectivity index (χ0v) is 12.5. The Hall–Kier alpha value is -2.89. The lowest BCUT2D eigenvalue weighted by Crippen LogP contribution is -2.01. The molecule has 0 aliphatic heterocycles. The average molecular weight is 303 g/mol. The smallest absolute Gasteiger partial charge is 0.335 e. The molecule has 0 aliphatic carbocycles. The third kappa shape index (κ3) is 3.22. The van der Waals surface area contributed by atoms with E-state index in [-0.39, 0.29) is 5.56 Å². The Morgan fingerprint density at radius 1 is 0.909 bits per heavy atom. The van der Waals surface area contributed by atoms with E-state index in [1.54, 1.807) is 38.5 Å². The molecular formula is C16H17NO5. The van der Waals surface area contributed by atoms with Gasteiger partial charge in [-0.1, -0.05) is 0 Å². The maximum atomic E-state index is 11.1. The Kier molecular flexibility index (Phi) is 4.73. The second-order valence-electron chi connectivity index (χ2n) is 4.41. The first-order valence-electron chi connectivity index (χ1n) is 6.49. The Balaban J connectivity index is 2.41. The highest BCUT2D eigenvalue weighted by molar-refractivity contribution is 5.90. The minimum Gasteiger partial charge on any atom is -0.497 e. The van der Waals surface area contributed by atoms with Crippen LogP contribution in [-0.2, 0) is 0 Å². The van der Waals surface area contributed by atoms with E-state index in [4.69, 9.17) is 19.3 Å². The van der Waals surface area contributed by atoms with Crippen LogP contribution in [0.3, 0.4) is 0 Å². The van der Waals surface area contributed by atoms with Gasteiger partial charge in [-0.15, -0.1) is 0 Å². The lowest BCUT2D eigenvalue weighted by molar-refractivity contribution is 0.0697. The van der Waals surface area contributed by atoms with Gasteiger partial charge in [0.25, 0.3) is 0 Å². The highest BCUT2D eigenvalue weighted by atomic mass is 16.5. The number of anilines is 2. The first-order chi connectivity index (χ1) is 10.6. The number of ether oxygens (including phenoxy) is 3. The number of rotatable bonds is 6. The van der Waals surface area contributed by atoms with Gasteiger partial charge in [-0.05, 0) is 30.3 Å². The highest BCUT2D eigenvalue weighted by Crippen LogP contribution is 2.35. The van der Waals surface area contributed by atoms with Crippen molar-refractivity contribution < 1.29 is 24.1 Å². The highest BCUT2D eigenvalue weighted by Gasteiger charge is 2.12. The molecule has 0 spiro atoms. The summed E-state index contributed by atoms with van der Waals surface area (Å²) in [6.45, 7) is 0. The molecule has 6 nitrogen and oxygen atoms in total. The quantitative estimate of drug-likeness (QED) is 0.853. The molecule has 2 rings (SSSR count). The molecule has 0 unspecified atom stereocenters. The Morgan fingerprint density at radius 3 is 2.23 bits per heavy atom. The van der Waals surface area contributed by atoms with Gasteiger partial charge in [-0.3, -0.25) is 0 Å². The van der Waals surface area contributed by atoms with Gasteiger partial charge in [0.1, 0.15) is 17.2 Å². The van der Waals surface area contributed by atoms with Crippen molar-refractivity contribution in [2.45, 2.75) is 0 Å². The van der Waals surface area contributed by atoms with E-state index in [1.807, 2.05) is 0 Å². The SMILES string of the molecule is COc1ccc(Nc2cc(C(=O)O)ccc2OC)c(OC)c1. The summed E-state index contributed by atoms with van der Waals surface area (Å²) in [7, 11) is 4.64.